The van der Waals surface area contributed by atoms with Crippen LogP contribution in [0.25, 0.3) is 0 Å². The lowest BCUT2D eigenvalue weighted by Gasteiger charge is -2.29. The molecule has 2 nitrogen and oxygen atoms in total. The van der Waals surface area contributed by atoms with E-state index in [0.29, 0.717) is 0 Å². The largest absolute Gasteiger partial charge is 0.380 e. The van der Waals surface area contributed by atoms with Gasteiger partial charge in [-0.2, -0.15) is 0 Å². The van der Waals surface area contributed by atoms with Gasteiger partial charge >= 0.3 is 0 Å². The van der Waals surface area contributed by atoms with Crippen molar-refractivity contribution in [2.75, 3.05) is 10.6 Å². The molecule has 0 fully saturated rings. The monoisotopic (exact) mass is 510 g/mol. The van der Waals surface area contributed by atoms with E-state index in [1.165, 1.54) is 39.1 Å². The van der Waals surface area contributed by atoms with Crippen LogP contribution in [0.2, 0.25) is 5.02 Å². The summed E-state index contributed by atoms with van der Waals surface area (Å²) in [5.41, 5.74) is 10.2. The van der Waals surface area contributed by atoms with Crippen molar-refractivity contribution in [3.8, 4) is 0 Å². The minimum absolute atomic E-state index is 0.0783. The molecule has 192 valence electrons. The van der Waals surface area contributed by atoms with Crippen LogP contribution in [0.3, 0.4) is 0 Å². The number of hydrogen-bond donors (Lipinski definition) is 2. The molecule has 0 saturated heterocycles. The fourth-order valence-electron chi connectivity index (χ4n) is 5.15. The Balaban J connectivity index is 1.67. The zero-order chi connectivity index (χ0) is 26.4. The van der Waals surface area contributed by atoms with Gasteiger partial charge < -0.3 is 10.6 Å². The van der Waals surface area contributed by atoms with Crippen molar-refractivity contribution in [1.82, 2.24) is 0 Å². The van der Waals surface area contributed by atoms with Gasteiger partial charge in [0.25, 0.3) is 0 Å². The van der Waals surface area contributed by atoms with E-state index in [-0.39, 0.29) is 18.0 Å². The Morgan fingerprint density at radius 3 is 1.70 bits per heavy atom. The molecule has 3 heteroatoms. The molecule has 0 radical (unpaired) electrons. The summed E-state index contributed by atoms with van der Waals surface area (Å²) in [6.07, 6.45) is 2.03. The predicted molar refractivity (Wildman–Crippen MR) is 161 cm³/mol. The first-order valence-electron chi connectivity index (χ1n) is 13.5. The van der Waals surface area contributed by atoms with Crippen LogP contribution in [0, 0.1) is 6.92 Å². The Labute approximate surface area is 228 Å². The van der Waals surface area contributed by atoms with Crippen LogP contribution in [0.15, 0.2) is 91.0 Å². The highest BCUT2D eigenvalue weighted by Gasteiger charge is 2.23. The molecule has 0 aliphatic carbocycles. The van der Waals surface area contributed by atoms with E-state index in [1.807, 2.05) is 6.07 Å². The van der Waals surface area contributed by atoms with E-state index in [0.717, 1.165) is 23.6 Å². The number of anilines is 2. The molecule has 2 atom stereocenters. The molecule has 0 spiro atoms. The third-order valence-corrected chi connectivity index (χ3v) is 7.54. The van der Waals surface area contributed by atoms with E-state index in [2.05, 4.69) is 130 Å². The summed E-state index contributed by atoms with van der Waals surface area (Å²) in [4.78, 5) is 0. The van der Waals surface area contributed by atoms with E-state index < -0.39 is 0 Å². The van der Waals surface area contributed by atoms with E-state index in [4.69, 9.17) is 11.6 Å². The van der Waals surface area contributed by atoms with Gasteiger partial charge in [-0.05, 0) is 79.6 Å². The average Bonchev–Trinajstić information content (AvgIpc) is 2.92. The van der Waals surface area contributed by atoms with Crippen LogP contribution < -0.4 is 10.6 Å². The van der Waals surface area contributed by atoms with Crippen LogP contribution in [-0.4, -0.2) is 12.1 Å². The number of benzene rings is 4. The molecular weight excluding hydrogens is 472 g/mol. The molecule has 4 rings (SSSR count). The number of rotatable bonds is 10. The van der Waals surface area contributed by atoms with E-state index in [1.54, 1.807) is 0 Å². The van der Waals surface area contributed by atoms with Gasteiger partial charge in [0.15, 0.2) is 0 Å². The van der Waals surface area contributed by atoms with Crippen molar-refractivity contribution in [3.63, 3.8) is 0 Å². The first-order valence-corrected chi connectivity index (χ1v) is 13.8. The second-order valence-corrected chi connectivity index (χ2v) is 10.5. The average molecular weight is 511 g/mol. The van der Waals surface area contributed by atoms with Crippen LogP contribution in [0.5, 0.6) is 0 Å². The van der Waals surface area contributed by atoms with Crippen molar-refractivity contribution in [2.45, 2.75) is 65.5 Å². The van der Waals surface area contributed by atoms with Crippen molar-refractivity contribution in [2.24, 2.45) is 0 Å². The fraction of sp³-hybridized carbons (Fsp3) is 0.294. The van der Waals surface area contributed by atoms with E-state index >= 15 is 0 Å². The van der Waals surface area contributed by atoms with Crippen molar-refractivity contribution in [1.29, 1.82) is 0 Å². The summed E-state index contributed by atoms with van der Waals surface area (Å²) in [6, 6.07) is 32.6. The molecular formula is C34H39ClN2. The molecule has 0 aliphatic rings. The van der Waals surface area contributed by atoms with Gasteiger partial charge in [-0.3, -0.25) is 0 Å². The van der Waals surface area contributed by atoms with Gasteiger partial charge in [-0.25, -0.2) is 0 Å². The normalized spacial score (nSPS) is 12.8. The highest BCUT2D eigenvalue weighted by molar-refractivity contribution is 6.30. The first kappa shape index (κ1) is 26.8. The number of aryl methyl sites for hydroxylation is 3. The van der Waals surface area contributed by atoms with Crippen molar-refractivity contribution in [3.05, 3.63) is 129 Å². The smallest absolute Gasteiger partial charge is 0.0432 e. The Hall–Kier alpha value is -3.23. The molecule has 0 aromatic heterocycles. The molecule has 4 aromatic carbocycles. The molecule has 0 heterocycles. The molecule has 0 bridgehead atoms. The predicted octanol–water partition coefficient (Wildman–Crippen LogP) is 9.25. The number of hydrogen-bond acceptors (Lipinski definition) is 2. The Kier molecular flexibility index (Phi) is 8.95. The lowest BCUT2D eigenvalue weighted by Crippen LogP contribution is -2.35. The highest BCUT2D eigenvalue weighted by atomic mass is 35.5. The quantitative estimate of drug-likeness (QED) is 0.208. The third kappa shape index (κ3) is 6.37. The highest BCUT2D eigenvalue weighted by Crippen LogP contribution is 2.38. The zero-order valence-electron chi connectivity index (χ0n) is 22.7. The maximum atomic E-state index is 6.58. The third-order valence-electron chi connectivity index (χ3n) is 7.30. The summed E-state index contributed by atoms with van der Waals surface area (Å²) in [6.45, 7) is 11.2. The zero-order valence-corrected chi connectivity index (χ0v) is 23.4. The second-order valence-electron chi connectivity index (χ2n) is 10.0. The van der Waals surface area contributed by atoms with Crippen LogP contribution in [-0.2, 0) is 12.8 Å². The SMILES string of the molecule is CCc1cc(C)cc(CC)c1NC(C)C(C)Nc1ccc(Cl)cc1C(c1ccccc1)c1ccccc1. The molecule has 37 heavy (non-hydrogen) atoms. The topological polar surface area (TPSA) is 24.1 Å². The van der Waals surface area contributed by atoms with Gasteiger partial charge in [0.1, 0.15) is 0 Å². The van der Waals surface area contributed by atoms with Gasteiger partial charge in [0.2, 0.25) is 0 Å². The molecule has 0 amide bonds. The lowest BCUT2D eigenvalue weighted by molar-refractivity contribution is 0.673. The maximum Gasteiger partial charge on any atom is 0.0432 e. The summed E-state index contributed by atoms with van der Waals surface area (Å²) in [5.74, 6) is 0.0783. The molecule has 0 saturated carbocycles. The Morgan fingerprint density at radius 1 is 0.676 bits per heavy atom. The summed E-state index contributed by atoms with van der Waals surface area (Å²) in [5, 5.41) is 8.45. The van der Waals surface area contributed by atoms with E-state index in [9.17, 15) is 0 Å². The molecule has 2 unspecified atom stereocenters. The van der Waals surface area contributed by atoms with Crippen LogP contribution in [0.1, 0.15) is 67.0 Å². The van der Waals surface area contributed by atoms with Gasteiger partial charge in [0.05, 0.1) is 0 Å². The first-order chi connectivity index (χ1) is 17.9. The molecule has 0 aliphatic heterocycles. The molecule has 2 N–H and O–H groups in total. The maximum absolute atomic E-state index is 6.58. The van der Waals surface area contributed by atoms with Crippen LogP contribution in [0.4, 0.5) is 11.4 Å². The minimum Gasteiger partial charge on any atom is -0.380 e. The Morgan fingerprint density at radius 2 is 1.19 bits per heavy atom. The minimum atomic E-state index is 0.0783. The van der Waals surface area contributed by atoms with Gasteiger partial charge in [-0.15, -0.1) is 0 Å². The molecule has 4 aromatic rings. The second kappa shape index (κ2) is 12.3. The van der Waals surface area contributed by atoms with Gasteiger partial charge in [-0.1, -0.05) is 104 Å². The van der Waals surface area contributed by atoms with Gasteiger partial charge in [0, 0.05) is 34.4 Å². The van der Waals surface area contributed by atoms with Crippen LogP contribution >= 0.6 is 11.6 Å². The van der Waals surface area contributed by atoms with Crippen molar-refractivity contribution < 1.29 is 0 Å². The number of halogens is 1. The Bertz CT molecular complexity index is 1240. The summed E-state index contributed by atoms with van der Waals surface area (Å²) in [7, 11) is 0. The van der Waals surface area contributed by atoms with Crippen molar-refractivity contribution >= 4 is 23.0 Å². The number of nitrogens with one attached hydrogen (secondary N) is 2. The summed E-state index contributed by atoms with van der Waals surface area (Å²) >= 11 is 6.58. The lowest BCUT2D eigenvalue weighted by atomic mass is 9.84. The summed E-state index contributed by atoms with van der Waals surface area (Å²) < 4.78 is 0. The fourth-order valence-corrected chi connectivity index (χ4v) is 5.33. The standard InChI is InChI=1S/C34H39ClN2/c1-6-26-20-23(3)21-27(7-2)34(26)37-25(5)24(4)36-32-19-18-30(35)22-31(32)33(28-14-10-8-11-15-28)29-16-12-9-13-17-29/h8-22,24-25,33,36-37H,6-7H2,1-5H3.